The molecule has 0 N–H and O–H groups in total. The van der Waals surface area contributed by atoms with Gasteiger partial charge in [0.15, 0.2) is 0 Å². The molecule has 0 amide bonds. The summed E-state index contributed by atoms with van der Waals surface area (Å²) in [6.45, 7) is 4.50. The molecule has 0 saturated heterocycles. The summed E-state index contributed by atoms with van der Waals surface area (Å²) in [4.78, 5) is 27.6. The molecule has 170 valence electrons. The van der Waals surface area contributed by atoms with Gasteiger partial charge in [0.05, 0.1) is 0 Å². The Morgan fingerprint density at radius 2 is 0.794 bits per heavy atom. The molecule has 5 heterocycles. The highest BCUT2D eigenvalue weighted by atomic mass is 15.3. The monoisotopic (exact) mass is 450 g/mol. The predicted octanol–water partition coefficient (Wildman–Crippen LogP) is 5.21. The maximum atomic E-state index is 4.94. The first-order chi connectivity index (χ1) is 16.5. The summed E-state index contributed by atoms with van der Waals surface area (Å²) in [5, 5.41) is 0. The van der Waals surface area contributed by atoms with Crippen molar-refractivity contribution in [2.75, 3.05) is 47.3 Å². The number of anilines is 8. The second kappa shape index (κ2) is 8.82. The van der Waals surface area contributed by atoms with Crippen LogP contribution in [-0.2, 0) is 0 Å². The maximum Gasteiger partial charge on any atom is 0.136 e. The number of rotatable bonds is 2. The number of pyridine rings is 4. The van der Waals surface area contributed by atoms with Gasteiger partial charge in [0.2, 0.25) is 0 Å². The Morgan fingerprint density at radius 3 is 1.09 bits per heavy atom. The molecule has 0 aromatic carbocycles. The van der Waals surface area contributed by atoms with Gasteiger partial charge in [-0.2, -0.15) is 0 Å². The predicted molar refractivity (Wildman–Crippen MR) is 138 cm³/mol. The summed E-state index contributed by atoms with van der Waals surface area (Å²) >= 11 is 0. The van der Waals surface area contributed by atoms with Crippen LogP contribution in [0.1, 0.15) is 0 Å². The topological polar surface area (TPSA) is 64.5 Å². The van der Waals surface area contributed by atoms with E-state index < -0.39 is 0 Å². The zero-order chi connectivity index (χ0) is 23.7. The van der Waals surface area contributed by atoms with E-state index in [1.807, 2.05) is 120 Å². The first kappa shape index (κ1) is 21.4. The van der Waals surface area contributed by atoms with E-state index in [0.29, 0.717) is 6.54 Å². The molecule has 34 heavy (non-hydrogen) atoms. The van der Waals surface area contributed by atoms with Crippen LogP contribution in [-0.4, -0.2) is 47.6 Å². The van der Waals surface area contributed by atoms with Gasteiger partial charge in [-0.1, -0.05) is 30.3 Å². The molecule has 4 aromatic rings. The van der Waals surface area contributed by atoms with Gasteiger partial charge in [-0.15, -0.1) is 6.58 Å². The van der Waals surface area contributed by atoms with Crippen molar-refractivity contribution in [3.8, 4) is 0 Å². The molecule has 0 atom stereocenters. The zero-order valence-corrected chi connectivity index (χ0v) is 19.5. The summed E-state index contributed by atoms with van der Waals surface area (Å²) < 4.78 is 0. The third-order valence-electron chi connectivity index (χ3n) is 5.81. The van der Waals surface area contributed by atoms with Gasteiger partial charge in [0.1, 0.15) is 46.5 Å². The van der Waals surface area contributed by atoms with Crippen LogP contribution in [0.25, 0.3) is 0 Å². The van der Waals surface area contributed by atoms with E-state index in [0.717, 1.165) is 46.5 Å². The van der Waals surface area contributed by atoms with E-state index in [1.165, 1.54) is 0 Å². The van der Waals surface area contributed by atoms with E-state index >= 15 is 0 Å². The molecule has 0 radical (unpaired) electrons. The van der Waals surface area contributed by atoms with Crippen molar-refractivity contribution in [2.45, 2.75) is 0 Å². The molecule has 0 fully saturated rings. The van der Waals surface area contributed by atoms with E-state index in [4.69, 9.17) is 19.9 Å². The average Bonchev–Trinajstić information content (AvgIpc) is 2.90. The first-order valence-corrected chi connectivity index (χ1v) is 11.0. The lowest BCUT2D eigenvalue weighted by molar-refractivity contribution is 0.974. The highest BCUT2D eigenvalue weighted by molar-refractivity contribution is 5.68. The molecule has 8 bridgehead atoms. The minimum absolute atomic E-state index is 0.562. The fraction of sp³-hybridized carbons (Fsp3) is 0.154. The van der Waals surface area contributed by atoms with Crippen molar-refractivity contribution < 1.29 is 0 Å². The molecule has 5 rings (SSSR count). The summed E-state index contributed by atoms with van der Waals surface area (Å²) in [5.41, 5.74) is 0. The number of aromatic nitrogens is 4. The van der Waals surface area contributed by atoms with Crippen molar-refractivity contribution >= 4 is 46.5 Å². The van der Waals surface area contributed by atoms with E-state index in [2.05, 4.69) is 6.58 Å². The van der Waals surface area contributed by atoms with Crippen molar-refractivity contribution in [2.24, 2.45) is 0 Å². The van der Waals surface area contributed by atoms with Crippen LogP contribution < -0.4 is 19.6 Å². The van der Waals surface area contributed by atoms with Gasteiger partial charge in [0.25, 0.3) is 0 Å². The fourth-order valence-corrected chi connectivity index (χ4v) is 3.86. The lowest BCUT2D eigenvalue weighted by atomic mass is 10.3. The lowest BCUT2D eigenvalue weighted by Gasteiger charge is -2.27. The molecule has 1 aliphatic rings. The highest BCUT2D eigenvalue weighted by Crippen LogP contribution is 2.31. The van der Waals surface area contributed by atoms with Crippen LogP contribution in [0.3, 0.4) is 0 Å². The Balaban J connectivity index is 1.73. The van der Waals surface area contributed by atoms with Gasteiger partial charge in [-0.05, 0) is 48.5 Å². The van der Waals surface area contributed by atoms with Crippen LogP contribution in [0.5, 0.6) is 0 Å². The molecule has 0 aliphatic carbocycles. The number of nitrogens with zero attached hydrogens (tertiary/aromatic N) is 8. The van der Waals surface area contributed by atoms with Crippen LogP contribution in [0.4, 0.5) is 46.5 Å². The molecule has 8 heteroatoms. The van der Waals surface area contributed by atoms with Gasteiger partial charge >= 0.3 is 0 Å². The Hall–Kier alpha value is -4.46. The summed E-state index contributed by atoms with van der Waals surface area (Å²) in [5.74, 6) is 6.24. The largest absolute Gasteiger partial charge is 0.314 e. The zero-order valence-electron chi connectivity index (χ0n) is 19.5. The van der Waals surface area contributed by atoms with Gasteiger partial charge in [-0.25, -0.2) is 19.9 Å². The van der Waals surface area contributed by atoms with E-state index in [-0.39, 0.29) is 0 Å². The van der Waals surface area contributed by atoms with Gasteiger partial charge in [0, 0.05) is 27.7 Å². The molecule has 0 spiro atoms. The second-order valence-electron chi connectivity index (χ2n) is 7.99. The van der Waals surface area contributed by atoms with Crippen LogP contribution in [0.15, 0.2) is 85.5 Å². The Labute approximate surface area is 199 Å². The van der Waals surface area contributed by atoms with Crippen molar-refractivity contribution in [1.82, 2.24) is 19.9 Å². The van der Waals surface area contributed by atoms with Crippen LogP contribution in [0, 0.1) is 0 Å². The number of hydrogen-bond donors (Lipinski definition) is 0. The van der Waals surface area contributed by atoms with Crippen molar-refractivity contribution in [1.29, 1.82) is 0 Å². The van der Waals surface area contributed by atoms with Crippen molar-refractivity contribution in [3.63, 3.8) is 0 Å². The standard InChI is InChI=1S/C26H26N8/c1-5-18-34-25-16-8-14-23(29-25)32(3)21-12-6-10-19(27-21)31(2)20-11-7-13-22(28-20)33(4)24-15-9-17-26(34)30-24/h5-17H,1,18H2,2-4H3. The summed E-state index contributed by atoms with van der Waals surface area (Å²) in [6, 6.07) is 23.8. The molecular formula is C26H26N8. The lowest BCUT2D eigenvalue weighted by Crippen LogP contribution is -2.23. The third kappa shape index (κ3) is 3.90. The summed E-state index contributed by atoms with van der Waals surface area (Å²) in [7, 11) is 5.89. The van der Waals surface area contributed by atoms with Gasteiger partial charge < -0.3 is 19.6 Å². The Kier molecular flexibility index (Phi) is 5.55. The van der Waals surface area contributed by atoms with Crippen LogP contribution in [0.2, 0.25) is 0 Å². The van der Waals surface area contributed by atoms with E-state index in [9.17, 15) is 0 Å². The maximum absolute atomic E-state index is 4.94. The molecule has 0 unspecified atom stereocenters. The number of hydrogen-bond acceptors (Lipinski definition) is 8. The van der Waals surface area contributed by atoms with Crippen molar-refractivity contribution in [3.05, 3.63) is 85.5 Å². The fourth-order valence-electron chi connectivity index (χ4n) is 3.86. The molecule has 4 aromatic heterocycles. The highest BCUT2D eigenvalue weighted by Gasteiger charge is 2.18. The molecule has 8 nitrogen and oxygen atoms in total. The average molecular weight is 451 g/mol. The number of fused-ring (bicyclic) bond motifs is 8. The molecular weight excluding hydrogens is 424 g/mol. The minimum atomic E-state index is 0.562. The quantitative estimate of drug-likeness (QED) is 0.386. The Morgan fingerprint density at radius 1 is 0.529 bits per heavy atom. The Bertz CT molecular complexity index is 1240. The van der Waals surface area contributed by atoms with E-state index in [1.54, 1.807) is 0 Å². The smallest absolute Gasteiger partial charge is 0.136 e. The minimum Gasteiger partial charge on any atom is -0.314 e. The third-order valence-corrected chi connectivity index (χ3v) is 5.81. The molecule has 0 saturated carbocycles. The first-order valence-electron chi connectivity index (χ1n) is 11.0. The molecule has 1 aliphatic heterocycles. The second-order valence-corrected chi connectivity index (χ2v) is 7.99. The van der Waals surface area contributed by atoms with Crippen LogP contribution >= 0.6 is 0 Å². The van der Waals surface area contributed by atoms with Gasteiger partial charge in [-0.3, -0.25) is 0 Å². The SMILES string of the molecule is C=CCN1c2cccc(n2)N(C)c2cccc(n2)N(C)c2cccc(n2)N(C)c2cccc1n2. The normalized spacial score (nSPS) is 13.1. The summed E-state index contributed by atoms with van der Waals surface area (Å²) in [6.07, 6.45) is 1.85.